The van der Waals surface area contributed by atoms with E-state index in [1.165, 1.54) is 18.3 Å². The van der Waals surface area contributed by atoms with Gasteiger partial charge in [-0.1, -0.05) is 0 Å². The van der Waals surface area contributed by atoms with E-state index in [4.69, 9.17) is 10.8 Å². The minimum atomic E-state index is -0.823. The average Bonchev–Trinajstić information content (AvgIpc) is 2.74. The fraction of sp³-hybridized carbons (Fsp3) is 0.250. The molecule has 3 amide bonds. The molecular formula is C20H20N4O5. The van der Waals surface area contributed by atoms with Crippen molar-refractivity contribution in [3.63, 3.8) is 0 Å². The minimum absolute atomic E-state index is 0.122. The van der Waals surface area contributed by atoms with E-state index in [2.05, 4.69) is 10.3 Å². The van der Waals surface area contributed by atoms with Crippen LogP contribution in [0.25, 0.3) is 0 Å². The number of carboxylic acids is 1. The van der Waals surface area contributed by atoms with Crippen LogP contribution < -0.4 is 11.1 Å². The Morgan fingerprint density at radius 3 is 2.14 bits per heavy atom. The summed E-state index contributed by atoms with van der Waals surface area (Å²) in [7, 11) is 0. The number of carbonyl (C=O) groups excluding carboxylic acids is 3. The second-order valence-corrected chi connectivity index (χ2v) is 6.73. The van der Waals surface area contributed by atoms with Gasteiger partial charge in [0, 0.05) is 30.5 Å². The van der Waals surface area contributed by atoms with E-state index in [9.17, 15) is 19.2 Å². The third kappa shape index (κ3) is 4.75. The number of nitrogens with one attached hydrogen (secondary N) is 1. The first-order valence-electron chi connectivity index (χ1n) is 9.04. The van der Waals surface area contributed by atoms with Crippen molar-refractivity contribution in [3.8, 4) is 0 Å². The molecule has 0 saturated carbocycles. The van der Waals surface area contributed by atoms with Crippen LogP contribution in [0.3, 0.4) is 0 Å². The predicted octanol–water partition coefficient (Wildman–Crippen LogP) is 1.37. The van der Waals surface area contributed by atoms with E-state index in [0.717, 1.165) is 0 Å². The normalized spacial score (nSPS) is 14.3. The molecule has 1 aromatic heterocycles. The van der Waals surface area contributed by atoms with Crippen LogP contribution in [0.1, 0.15) is 44.0 Å². The molecule has 2 heterocycles. The highest BCUT2D eigenvalue weighted by Gasteiger charge is 2.27. The van der Waals surface area contributed by atoms with Crippen molar-refractivity contribution in [2.45, 2.75) is 12.8 Å². The van der Waals surface area contributed by atoms with E-state index >= 15 is 0 Å². The lowest BCUT2D eigenvalue weighted by molar-refractivity contribution is -0.143. The maximum absolute atomic E-state index is 12.6. The van der Waals surface area contributed by atoms with Gasteiger partial charge >= 0.3 is 5.97 Å². The number of primary amides is 1. The summed E-state index contributed by atoms with van der Waals surface area (Å²) in [6.45, 7) is 0.808. The average molecular weight is 396 g/mol. The summed E-state index contributed by atoms with van der Waals surface area (Å²) in [6, 6.07) is 9.23. The summed E-state index contributed by atoms with van der Waals surface area (Å²) in [5.74, 6) is -2.48. The molecule has 0 spiro atoms. The molecule has 1 aliphatic rings. The molecule has 1 aliphatic heterocycles. The van der Waals surface area contributed by atoms with Gasteiger partial charge < -0.3 is 21.1 Å². The standard InChI is InChI=1S/C20H20N4O5/c21-17(25)14-3-6-16(22-11-14)18(26)23-15-4-1-12(2-5-15)19(27)24-9-7-13(8-10-24)20(28)29/h1-6,11,13H,7-10H2,(H2,21,25)(H,23,26)(H,28,29). The molecule has 9 heteroatoms. The predicted molar refractivity (Wildman–Crippen MR) is 103 cm³/mol. The first kappa shape index (κ1) is 20.0. The van der Waals surface area contributed by atoms with Gasteiger partial charge in [0.25, 0.3) is 11.8 Å². The largest absolute Gasteiger partial charge is 0.481 e. The van der Waals surface area contributed by atoms with Crippen LogP contribution in [0.5, 0.6) is 0 Å². The zero-order valence-corrected chi connectivity index (χ0v) is 15.5. The number of carbonyl (C=O) groups is 4. The Labute approximate surface area is 166 Å². The molecular weight excluding hydrogens is 376 g/mol. The molecule has 29 heavy (non-hydrogen) atoms. The van der Waals surface area contributed by atoms with E-state index < -0.39 is 23.7 Å². The Balaban J connectivity index is 1.59. The number of hydrogen-bond donors (Lipinski definition) is 3. The Bertz CT molecular complexity index is 932. The van der Waals surface area contributed by atoms with Crippen LogP contribution in [0, 0.1) is 5.92 Å². The molecule has 0 atom stereocenters. The summed E-state index contributed by atoms with van der Waals surface area (Å²) in [4.78, 5) is 52.4. The number of rotatable bonds is 5. The second-order valence-electron chi connectivity index (χ2n) is 6.73. The number of pyridine rings is 1. The highest BCUT2D eigenvalue weighted by Crippen LogP contribution is 2.20. The third-order valence-corrected chi connectivity index (χ3v) is 4.80. The van der Waals surface area contributed by atoms with Crippen molar-refractivity contribution in [1.29, 1.82) is 0 Å². The van der Waals surface area contributed by atoms with E-state index in [1.807, 2.05) is 0 Å². The summed E-state index contributed by atoms with van der Waals surface area (Å²) >= 11 is 0. The molecule has 150 valence electrons. The Morgan fingerprint density at radius 2 is 1.62 bits per heavy atom. The number of benzene rings is 1. The van der Waals surface area contributed by atoms with Gasteiger partial charge in [-0.15, -0.1) is 0 Å². The van der Waals surface area contributed by atoms with Gasteiger partial charge in [0.2, 0.25) is 5.91 Å². The van der Waals surface area contributed by atoms with Gasteiger partial charge in [-0.2, -0.15) is 0 Å². The Morgan fingerprint density at radius 1 is 1.00 bits per heavy atom. The molecule has 0 aliphatic carbocycles. The smallest absolute Gasteiger partial charge is 0.306 e. The van der Waals surface area contributed by atoms with Crippen molar-refractivity contribution in [2.24, 2.45) is 11.7 Å². The van der Waals surface area contributed by atoms with Gasteiger partial charge in [-0.3, -0.25) is 24.2 Å². The quantitative estimate of drug-likeness (QED) is 0.696. The Kier molecular flexibility index (Phi) is 5.87. The van der Waals surface area contributed by atoms with Gasteiger partial charge in [0.1, 0.15) is 5.69 Å². The number of aliphatic carboxylic acids is 1. The SMILES string of the molecule is NC(=O)c1ccc(C(=O)Nc2ccc(C(=O)N3CCC(C(=O)O)CC3)cc2)nc1. The van der Waals surface area contributed by atoms with Crippen LogP contribution >= 0.6 is 0 Å². The van der Waals surface area contributed by atoms with E-state index in [1.54, 1.807) is 29.2 Å². The van der Waals surface area contributed by atoms with Crippen LogP contribution in [-0.4, -0.2) is 51.8 Å². The monoisotopic (exact) mass is 396 g/mol. The topological polar surface area (TPSA) is 143 Å². The number of carboxylic acid groups (broad SMARTS) is 1. The number of likely N-dealkylation sites (tertiary alicyclic amines) is 1. The van der Waals surface area contributed by atoms with Crippen molar-refractivity contribution >= 4 is 29.4 Å². The number of hydrogen-bond acceptors (Lipinski definition) is 5. The molecule has 2 aromatic rings. The molecule has 0 unspecified atom stereocenters. The first-order valence-corrected chi connectivity index (χ1v) is 9.04. The number of nitrogens with two attached hydrogens (primary N) is 1. The van der Waals surface area contributed by atoms with Crippen molar-refractivity contribution in [3.05, 3.63) is 59.4 Å². The number of anilines is 1. The third-order valence-electron chi connectivity index (χ3n) is 4.80. The highest BCUT2D eigenvalue weighted by atomic mass is 16.4. The van der Waals surface area contributed by atoms with Crippen LogP contribution in [0.15, 0.2) is 42.6 Å². The lowest BCUT2D eigenvalue weighted by Gasteiger charge is -2.30. The lowest BCUT2D eigenvalue weighted by Crippen LogP contribution is -2.40. The van der Waals surface area contributed by atoms with Crippen LogP contribution in [-0.2, 0) is 4.79 Å². The first-order chi connectivity index (χ1) is 13.8. The van der Waals surface area contributed by atoms with E-state index in [0.29, 0.717) is 37.2 Å². The van der Waals surface area contributed by atoms with Crippen LogP contribution in [0.4, 0.5) is 5.69 Å². The van der Waals surface area contributed by atoms with Crippen molar-refractivity contribution in [2.75, 3.05) is 18.4 Å². The number of piperidine rings is 1. The summed E-state index contributed by atoms with van der Waals surface area (Å²) in [5, 5.41) is 11.7. The molecule has 1 saturated heterocycles. The lowest BCUT2D eigenvalue weighted by atomic mass is 9.96. The van der Waals surface area contributed by atoms with Crippen LogP contribution in [0.2, 0.25) is 0 Å². The maximum atomic E-state index is 12.6. The molecule has 1 fully saturated rings. The summed E-state index contributed by atoms with van der Waals surface area (Å²) in [6.07, 6.45) is 2.11. The molecule has 3 rings (SSSR count). The number of amides is 3. The zero-order valence-electron chi connectivity index (χ0n) is 15.5. The molecule has 0 radical (unpaired) electrons. The van der Waals surface area contributed by atoms with Gasteiger partial charge in [0.05, 0.1) is 11.5 Å². The zero-order chi connectivity index (χ0) is 21.0. The Hall–Kier alpha value is -3.75. The molecule has 0 bridgehead atoms. The summed E-state index contributed by atoms with van der Waals surface area (Å²) in [5.41, 5.74) is 6.41. The molecule has 1 aromatic carbocycles. The van der Waals surface area contributed by atoms with Gasteiger partial charge in [-0.25, -0.2) is 0 Å². The fourth-order valence-corrected chi connectivity index (χ4v) is 3.08. The second kappa shape index (κ2) is 8.51. The number of nitrogens with zero attached hydrogens (tertiary/aromatic N) is 2. The van der Waals surface area contributed by atoms with Crippen molar-refractivity contribution in [1.82, 2.24) is 9.88 Å². The maximum Gasteiger partial charge on any atom is 0.306 e. The number of aromatic nitrogens is 1. The van der Waals surface area contributed by atoms with Crippen molar-refractivity contribution < 1.29 is 24.3 Å². The highest BCUT2D eigenvalue weighted by molar-refractivity contribution is 6.03. The minimum Gasteiger partial charge on any atom is -0.481 e. The molecule has 9 nitrogen and oxygen atoms in total. The van der Waals surface area contributed by atoms with Gasteiger partial charge in [-0.05, 0) is 49.2 Å². The van der Waals surface area contributed by atoms with E-state index in [-0.39, 0.29) is 17.2 Å². The van der Waals surface area contributed by atoms with Gasteiger partial charge in [0.15, 0.2) is 0 Å². The fourth-order valence-electron chi connectivity index (χ4n) is 3.08. The summed E-state index contributed by atoms with van der Waals surface area (Å²) < 4.78 is 0. The molecule has 4 N–H and O–H groups in total.